The number of ether oxygens (including phenoxy) is 2. The summed E-state index contributed by atoms with van der Waals surface area (Å²) < 4.78 is 81.0. The third-order valence-corrected chi connectivity index (χ3v) is 6.20. The topological polar surface area (TPSA) is 167 Å². The highest BCUT2D eigenvalue weighted by Crippen LogP contribution is 2.36. The van der Waals surface area contributed by atoms with Crippen LogP contribution in [-0.2, 0) is 22.1 Å². The molecule has 0 saturated carbocycles. The van der Waals surface area contributed by atoms with Crippen LogP contribution in [0.25, 0.3) is 5.57 Å². The second-order valence-electron chi connectivity index (χ2n) is 9.10. The van der Waals surface area contributed by atoms with E-state index in [0.29, 0.717) is 12.0 Å². The number of halogens is 6. The molecule has 2 aromatic rings. The zero-order valence-electron chi connectivity index (χ0n) is 22.4. The highest BCUT2D eigenvalue weighted by atomic mass is 35.5. The van der Waals surface area contributed by atoms with E-state index in [9.17, 15) is 27.1 Å². The molecule has 1 saturated heterocycles. The highest BCUT2D eigenvalue weighted by molar-refractivity contribution is 6.30. The third kappa shape index (κ3) is 8.07. The van der Waals surface area contributed by atoms with Crippen molar-refractivity contribution >= 4 is 40.7 Å². The number of nitrogens with two attached hydrogens (primary N) is 3. The Kier molecular flexibility index (Phi) is 11.1. The summed E-state index contributed by atoms with van der Waals surface area (Å²) >= 11 is 5.62. The molecule has 2 heterocycles. The molecule has 0 bridgehead atoms. The minimum absolute atomic E-state index is 0.0755. The van der Waals surface area contributed by atoms with Crippen LogP contribution in [0.1, 0.15) is 30.7 Å². The number of aromatic nitrogens is 1. The maximum absolute atomic E-state index is 14.5. The number of pyridine rings is 1. The molecule has 1 aliphatic heterocycles. The smallest absolute Gasteiger partial charge is 0.404 e. The molecule has 0 aliphatic carbocycles. The SMILES string of the molecule is CCc1cnc(C(F)(F)F)c(N=C(N=C(C)N)C2OC(N)COC[C@@H](N=C/C(=C\N)c3ccc(Cl)c(F)c3F)C2O)c1. The number of aliphatic hydroxyl groups is 1. The zero-order valence-corrected chi connectivity index (χ0v) is 23.2. The number of aliphatic hydroxyl groups excluding tert-OH is 1. The molecule has 10 nitrogen and oxygen atoms in total. The number of amidine groups is 2. The van der Waals surface area contributed by atoms with E-state index in [1.807, 2.05) is 0 Å². The van der Waals surface area contributed by atoms with Crippen molar-refractivity contribution < 1.29 is 36.5 Å². The lowest BCUT2D eigenvalue weighted by molar-refractivity contribution is -0.140. The van der Waals surface area contributed by atoms with Gasteiger partial charge in [0.2, 0.25) is 0 Å². The number of benzene rings is 1. The standard InChI is InChI=1S/C26H29ClF5N7O3/c1-3-13-6-17(24(37-8-13)26(30,31)32)39-25(38-12(2)34)23-22(40)18(10-41-11-19(35)42-23)36-9-14(7-33)15-4-5-16(27)21(29)20(15)28/h4-9,18-19,22-23,40H,3,10-11,33,35H2,1-2H3,(H2,34,38,39)/b14-7+,36-9?/t18-,19?,22?,23?/m1/s1. The average Bonchev–Trinajstić information content (AvgIpc) is 2.92. The van der Waals surface area contributed by atoms with E-state index in [1.54, 1.807) is 6.92 Å². The predicted octanol–water partition coefficient (Wildman–Crippen LogP) is 3.50. The van der Waals surface area contributed by atoms with Gasteiger partial charge in [-0.15, -0.1) is 0 Å². The van der Waals surface area contributed by atoms with Gasteiger partial charge in [-0.25, -0.2) is 23.7 Å². The van der Waals surface area contributed by atoms with Crippen molar-refractivity contribution in [2.24, 2.45) is 32.2 Å². The molecule has 0 spiro atoms. The Balaban J connectivity index is 2.09. The Morgan fingerprint density at radius 3 is 2.57 bits per heavy atom. The van der Waals surface area contributed by atoms with Crippen LogP contribution in [0, 0.1) is 11.6 Å². The van der Waals surface area contributed by atoms with Gasteiger partial charge in [-0.1, -0.05) is 18.5 Å². The monoisotopic (exact) mass is 617 g/mol. The van der Waals surface area contributed by atoms with E-state index in [2.05, 4.69) is 20.0 Å². The van der Waals surface area contributed by atoms with E-state index in [0.717, 1.165) is 24.7 Å². The van der Waals surface area contributed by atoms with Crippen LogP contribution in [-0.4, -0.2) is 65.7 Å². The molecule has 0 radical (unpaired) electrons. The molecule has 4 atom stereocenters. The minimum atomic E-state index is -4.86. The summed E-state index contributed by atoms with van der Waals surface area (Å²) in [4.78, 5) is 15.8. The molecule has 1 aromatic heterocycles. The summed E-state index contributed by atoms with van der Waals surface area (Å²) in [6.45, 7) is 2.61. The fraction of sp³-hybridized carbons (Fsp3) is 0.385. The molecule has 42 heavy (non-hydrogen) atoms. The van der Waals surface area contributed by atoms with E-state index in [1.165, 1.54) is 19.1 Å². The highest BCUT2D eigenvalue weighted by Gasteiger charge is 2.39. The third-order valence-electron chi connectivity index (χ3n) is 5.91. The molecule has 1 aliphatic rings. The molecule has 1 fully saturated rings. The Hall–Kier alpha value is -3.50. The lowest BCUT2D eigenvalue weighted by Gasteiger charge is -2.32. The molecular weight excluding hydrogens is 589 g/mol. The van der Waals surface area contributed by atoms with Crippen molar-refractivity contribution in [2.45, 2.75) is 50.9 Å². The van der Waals surface area contributed by atoms with Gasteiger partial charge in [0, 0.05) is 29.7 Å². The molecule has 16 heteroatoms. The number of hydrogen-bond acceptors (Lipinski definition) is 8. The summed E-state index contributed by atoms with van der Waals surface area (Å²) in [6.07, 6.45) is -5.81. The fourth-order valence-corrected chi connectivity index (χ4v) is 3.98. The van der Waals surface area contributed by atoms with E-state index in [-0.39, 0.29) is 30.2 Å². The lowest BCUT2D eigenvalue weighted by Crippen LogP contribution is -2.51. The van der Waals surface area contributed by atoms with E-state index >= 15 is 0 Å². The van der Waals surface area contributed by atoms with Crippen molar-refractivity contribution in [1.82, 2.24) is 4.98 Å². The maximum Gasteiger partial charge on any atom is 0.435 e. The second-order valence-corrected chi connectivity index (χ2v) is 9.51. The first-order valence-corrected chi connectivity index (χ1v) is 12.9. The van der Waals surface area contributed by atoms with E-state index < -0.39 is 64.5 Å². The van der Waals surface area contributed by atoms with Crippen LogP contribution in [0.2, 0.25) is 5.02 Å². The Bertz CT molecular complexity index is 1400. The van der Waals surface area contributed by atoms with Crippen molar-refractivity contribution in [3.63, 3.8) is 0 Å². The van der Waals surface area contributed by atoms with Gasteiger partial charge >= 0.3 is 6.18 Å². The molecule has 0 amide bonds. The molecular formula is C26H29ClF5N7O3. The first-order valence-electron chi connectivity index (χ1n) is 12.5. The van der Waals surface area contributed by atoms with Crippen LogP contribution >= 0.6 is 11.6 Å². The number of nitrogens with zero attached hydrogens (tertiary/aromatic N) is 4. The van der Waals surface area contributed by atoms with Gasteiger partial charge in [-0.3, -0.25) is 4.99 Å². The van der Waals surface area contributed by atoms with Crippen molar-refractivity contribution in [3.05, 3.63) is 64.1 Å². The van der Waals surface area contributed by atoms with Crippen LogP contribution in [0.3, 0.4) is 0 Å². The molecule has 3 unspecified atom stereocenters. The van der Waals surface area contributed by atoms with Crippen LogP contribution in [0.15, 0.2) is 45.6 Å². The zero-order chi connectivity index (χ0) is 31.2. The Morgan fingerprint density at radius 2 is 1.95 bits per heavy atom. The maximum atomic E-state index is 14.5. The van der Waals surface area contributed by atoms with Crippen LogP contribution in [0.5, 0.6) is 0 Å². The fourth-order valence-electron chi connectivity index (χ4n) is 3.83. The first-order chi connectivity index (χ1) is 19.8. The van der Waals surface area contributed by atoms with Gasteiger partial charge in [0.1, 0.15) is 24.5 Å². The largest absolute Gasteiger partial charge is 0.435 e. The van der Waals surface area contributed by atoms with Crippen molar-refractivity contribution in [1.29, 1.82) is 0 Å². The Morgan fingerprint density at radius 1 is 1.24 bits per heavy atom. The summed E-state index contributed by atoms with van der Waals surface area (Å²) in [5.74, 6) is -3.13. The number of aryl methyl sites for hydroxylation is 1. The summed E-state index contributed by atoms with van der Waals surface area (Å²) in [7, 11) is 0. The molecule has 7 N–H and O–H groups in total. The number of rotatable bonds is 6. The van der Waals surface area contributed by atoms with Gasteiger partial charge in [0.15, 0.2) is 23.2 Å². The van der Waals surface area contributed by atoms with Crippen LogP contribution < -0.4 is 17.2 Å². The van der Waals surface area contributed by atoms with Gasteiger partial charge in [0.25, 0.3) is 0 Å². The number of hydrogen-bond donors (Lipinski definition) is 4. The minimum Gasteiger partial charge on any atom is -0.404 e. The first kappa shape index (κ1) is 33.0. The molecule has 3 rings (SSSR count). The predicted molar refractivity (Wildman–Crippen MR) is 148 cm³/mol. The van der Waals surface area contributed by atoms with Crippen LogP contribution in [0.4, 0.5) is 27.6 Å². The Labute approximate surface area is 242 Å². The van der Waals surface area contributed by atoms with Gasteiger partial charge < -0.3 is 31.8 Å². The lowest BCUT2D eigenvalue weighted by atomic mass is 10.0. The van der Waals surface area contributed by atoms with Gasteiger partial charge in [-0.05, 0) is 37.1 Å². The summed E-state index contributed by atoms with van der Waals surface area (Å²) in [5.41, 5.74) is 15.5. The molecule has 228 valence electrons. The van der Waals surface area contributed by atoms with Gasteiger partial charge in [0.05, 0.1) is 29.8 Å². The number of alkyl halides is 3. The van der Waals surface area contributed by atoms with E-state index in [4.69, 9.17) is 38.3 Å². The van der Waals surface area contributed by atoms with Crippen molar-refractivity contribution in [3.8, 4) is 0 Å². The summed E-state index contributed by atoms with van der Waals surface area (Å²) in [6, 6.07) is 2.29. The van der Waals surface area contributed by atoms with Crippen molar-refractivity contribution in [2.75, 3.05) is 13.2 Å². The quantitative estimate of drug-likeness (QED) is 0.167. The second kappa shape index (κ2) is 14.1. The average molecular weight is 618 g/mol. The van der Waals surface area contributed by atoms with Gasteiger partial charge in [-0.2, -0.15) is 13.2 Å². The number of allylic oxidation sites excluding steroid dienone is 1. The summed E-state index contributed by atoms with van der Waals surface area (Å²) in [5, 5.41) is 10.9. The molecule has 1 aromatic carbocycles. The number of aliphatic imine (C=N–C) groups is 3. The normalized spacial score (nSPS) is 23.2.